The standard InChI is InChI=1S/C14H18N2O4S/c1-9-11(13(17)20-3)12(10-4-7-21-8-10)15-14(18)16(9)5-6-19-2/h4,7-8,12H,5-6H2,1-3H3,(H,15,18)/t12-/m1/s1. The molecule has 0 spiro atoms. The Morgan fingerprint density at radius 3 is 2.81 bits per heavy atom. The van der Waals surface area contributed by atoms with E-state index in [0.29, 0.717) is 24.4 Å². The molecule has 0 saturated heterocycles. The Labute approximate surface area is 127 Å². The summed E-state index contributed by atoms with van der Waals surface area (Å²) >= 11 is 1.51. The molecule has 6 nitrogen and oxygen atoms in total. The molecule has 0 saturated carbocycles. The van der Waals surface area contributed by atoms with E-state index >= 15 is 0 Å². The minimum absolute atomic E-state index is 0.242. The number of carbonyl (C=O) groups is 2. The Hall–Kier alpha value is -1.86. The highest BCUT2D eigenvalue weighted by Gasteiger charge is 2.36. The molecule has 7 heteroatoms. The van der Waals surface area contributed by atoms with E-state index in [4.69, 9.17) is 9.47 Å². The molecule has 1 aliphatic rings. The lowest BCUT2D eigenvalue weighted by Gasteiger charge is -2.34. The predicted octanol–water partition coefficient (Wildman–Crippen LogP) is 1.91. The molecule has 1 aromatic heterocycles. The number of hydrogen-bond acceptors (Lipinski definition) is 5. The minimum atomic E-state index is -0.477. The van der Waals surface area contributed by atoms with Crippen LogP contribution in [0, 0.1) is 0 Å². The molecule has 1 aliphatic heterocycles. The Kier molecular flexibility index (Phi) is 4.98. The average Bonchev–Trinajstić information content (AvgIpc) is 3.00. The maximum Gasteiger partial charge on any atom is 0.337 e. The van der Waals surface area contributed by atoms with Gasteiger partial charge in [0.05, 0.1) is 31.9 Å². The fraction of sp³-hybridized carbons (Fsp3) is 0.429. The van der Waals surface area contributed by atoms with E-state index in [1.807, 2.05) is 16.8 Å². The van der Waals surface area contributed by atoms with E-state index in [2.05, 4.69) is 5.32 Å². The predicted molar refractivity (Wildman–Crippen MR) is 78.9 cm³/mol. The molecule has 0 aromatic carbocycles. The highest BCUT2D eigenvalue weighted by molar-refractivity contribution is 7.08. The number of methoxy groups -OCH3 is 2. The van der Waals surface area contributed by atoms with Crippen LogP contribution in [-0.2, 0) is 14.3 Å². The van der Waals surface area contributed by atoms with Crippen LogP contribution >= 0.6 is 11.3 Å². The number of urea groups is 1. The fourth-order valence-corrected chi connectivity index (χ4v) is 2.98. The van der Waals surface area contributed by atoms with E-state index in [0.717, 1.165) is 5.56 Å². The molecule has 0 unspecified atom stereocenters. The largest absolute Gasteiger partial charge is 0.466 e. The van der Waals surface area contributed by atoms with Gasteiger partial charge in [-0.3, -0.25) is 4.90 Å². The van der Waals surface area contributed by atoms with Crippen LogP contribution in [0.5, 0.6) is 0 Å². The van der Waals surface area contributed by atoms with Gasteiger partial charge in [-0.05, 0) is 29.3 Å². The molecule has 21 heavy (non-hydrogen) atoms. The minimum Gasteiger partial charge on any atom is -0.466 e. The van der Waals surface area contributed by atoms with Crippen molar-refractivity contribution in [3.05, 3.63) is 33.7 Å². The average molecular weight is 310 g/mol. The van der Waals surface area contributed by atoms with Crippen molar-refractivity contribution in [1.29, 1.82) is 0 Å². The van der Waals surface area contributed by atoms with Gasteiger partial charge in [-0.1, -0.05) is 0 Å². The lowest BCUT2D eigenvalue weighted by Crippen LogP contribution is -2.48. The van der Waals surface area contributed by atoms with Gasteiger partial charge in [0.2, 0.25) is 0 Å². The number of allylic oxidation sites excluding steroid dienone is 1. The summed E-state index contributed by atoms with van der Waals surface area (Å²) in [6, 6.07) is 1.17. The number of esters is 1. The quantitative estimate of drug-likeness (QED) is 0.844. The maximum absolute atomic E-state index is 12.2. The second kappa shape index (κ2) is 6.73. The summed E-state index contributed by atoms with van der Waals surface area (Å²) in [5, 5.41) is 6.67. The van der Waals surface area contributed by atoms with Crippen molar-refractivity contribution < 1.29 is 19.1 Å². The highest BCUT2D eigenvalue weighted by atomic mass is 32.1. The third-order valence-corrected chi connectivity index (χ3v) is 4.10. The van der Waals surface area contributed by atoms with Crippen LogP contribution in [-0.4, -0.2) is 44.3 Å². The zero-order valence-corrected chi connectivity index (χ0v) is 13.0. The first-order chi connectivity index (χ1) is 10.1. The van der Waals surface area contributed by atoms with Crippen molar-refractivity contribution in [3.8, 4) is 0 Å². The second-order valence-corrected chi connectivity index (χ2v) is 5.35. The van der Waals surface area contributed by atoms with Crippen molar-refractivity contribution >= 4 is 23.3 Å². The summed E-state index contributed by atoms with van der Waals surface area (Å²) in [7, 11) is 2.90. The van der Waals surface area contributed by atoms with E-state index in [9.17, 15) is 9.59 Å². The third-order valence-electron chi connectivity index (χ3n) is 3.40. The second-order valence-electron chi connectivity index (χ2n) is 4.57. The number of hydrogen-bond donors (Lipinski definition) is 1. The van der Waals surface area contributed by atoms with Crippen LogP contribution in [0.2, 0.25) is 0 Å². The molecule has 1 atom stereocenters. The molecule has 0 bridgehead atoms. The Morgan fingerprint density at radius 2 is 2.24 bits per heavy atom. The van der Waals surface area contributed by atoms with Crippen LogP contribution in [0.3, 0.4) is 0 Å². The number of thiophene rings is 1. The maximum atomic E-state index is 12.2. The van der Waals surface area contributed by atoms with Crippen LogP contribution in [0.1, 0.15) is 18.5 Å². The number of amides is 2. The monoisotopic (exact) mass is 310 g/mol. The van der Waals surface area contributed by atoms with Gasteiger partial charge < -0.3 is 14.8 Å². The van der Waals surface area contributed by atoms with Crippen LogP contribution in [0.25, 0.3) is 0 Å². The SMILES string of the molecule is COCCN1C(=O)N[C@H](c2ccsc2)C(C(=O)OC)=C1C. The van der Waals surface area contributed by atoms with Crippen molar-refractivity contribution in [3.63, 3.8) is 0 Å². The highest BCUT2D eigenvalue weighted by Crippen LogP contribution is 2.31. The first kappa shape index (κ1) is 15.5. The van der Waals surface area contributed by atoms with E-state index in [1.54, 1.807) is 14.0 Å². The van der Waals surface area contributed by atoms with E-state index in [-0.39, 0.29) is 6.03 Å². The van der Waals surface area contributed by atoms with Crippen molar-refractivity contribution in [2.75, 3.05) is 27.4 Å². The van der Waals surface area contributed by atoms with Gasteiger partial charge in [-0.15, -0.1) is 0 Å². The lowest BCUT2D eigenvalue weighted by molar-refractivity contribution is -0.136. The van der Waals surface area contributed by atoms with Gasteiger partial charge in [0.15, 0.2) is 0 Å². The van der Waals surface area contributed by atoms with Gasteiger partial charge in [0.25, 0.3) is 0 Å². The van der Waals surface area contributed by atoms with Crippen molar-refractivity contribution in [2.24, 2.45) is 0 Å². The molecular weight excluding hydrogens is 292 g/mol. The van der Waals surface area contributed by atoms with Gasteiger partial charge in [-0.25, -0.2) is 9.59 Å². The number of nitrogens with zero attached hydrogens (tertiary/aromatic N) is 1. The number of carbonyl (C=O) groups excluding carboxylic acids is 2. The molecule has 114 valence electrons. The Bertz CT molecular complexity index is 553. The summed E-state index contributed by atoms with van der Waals surface area (Å²) in [5.74, 6) is -0.439. The number of rotatable bonds is 5. The van der Waals surface area contributed by atoms with E-state index in [1.165, 1.54) is 23.3 Å². The summed E-state index contributed by atoms with van der Waals surface area (Å²) in [6.07, 6.45) is 0. The number of ether oxygens (including phenoxy) is 2. The van der Waals surface area contributed by atoms with Gasteiger partial charge in [-0.2, -0.15) is 11.3 Å². The smallest absolute Gasteiger partial charge is 0.337 e. The summed E-state index contributed by atoms with van der Waals surface area (Å²) in [5.41, 5.74) is 1.92. The van der Waals surface area contributed by atoms with E-state index < -0.39 is 12.0 Å². The molecular formula is C14H18N2O4S. The molecule has 0 radical (unpaired) electrons. The molecule has 0 aliphatic carbocycles. The number of nitrogens with one attached hydrogen (secondary N) is 1. The summed E-state index contributed by atoms with van der Waals surface area (Å²) in [6.45, 7) is 2.52. The summed E-state index contributed by atoms with van der Waals surface area (Å²) < 4.78 is 9.88. The zero-order valence-electron chi connectivity index (χ0n) is 12.2. The van der Waals surface area contributed by atoms with Gasteiger partial charge in [0, 0.05) is 12.8 Å². The molecule has 2 heterocycles. The van der Waals surface area contributed by atoms with Crippen molar-refractivity contribution in [1.82, 2.24) is 10.2 Å². The lowest BCUT2D eigenvalue weighted by atomic mass is 9.97. The van der Waals surface area contributed by atoms with Gasteiger partial charge in [0.1, 0.15) is 0 Å². The Balaban J connectivity index is 2.42. The normalized spacial score (nSPS) is 18.7. The van der Waals surface area contributed by atoms with Crippen LogP contribution in [0.15, 0.2) is 28.1 Å². The van der Waals surface area contributed by atoms with Crippen LogP contribution < -0.4 is 5.32 Å². The first-order valence-corrected chi connectivity index (χ1v) is 7.42. The van der Waals surface area contributed by atoms with Crippen LogP contribution in [0.4, 0.5) is 4.79 Å². The third kappa shape index (κ3) is 3.08. The Morgan fingerprint density at radius 1 is 1.48 bits per heavy atom. The zero-order chi connectivity index (χ0) is 15.4. The molecule has 1 N–H and O–H groups in total. The topological polar surface area (TPSA) is 67.9 Å². The van der Waals surface area contributed by atoms with Crippen molar-refractivity contribution in [2.45, 2.75) is 13.0 Å². The fourth-order valence-electron chi connectivity index (χ4n) is 2.30. The molecule has 1 aromatic rings. The summed E-state index contributed by atoms with van der Waals surface area (Å²) in [4.78, 5) is 25.9. The molecule has 2 amide bonds. The first-order valence-electron chi connectivity index (χ1n) is 6.48. The molecule has 0 fully saturated rings. The van der Waals surface area contributed by atoms with Gasteiger partial charge >= 0.3 is 12.0 Å². The molecule has 2 rings (SSSR count).